The molecule has 190 valence electrons. The average Bonchev–Trinajstić information content (AvgIpc) is 2.86. The molecule has 3 aliphatic rings. The summed E-state index contributed by atoms with van der Waals surface area (Å²) in [6.07, 6.45) is -0.676. The normalized spacial score (nSPS) is 28.1. The Morgan fingerprint density at radius 2 is 1.78 bits per heavy atom. The molecule has 2 aromatic rings. The summed E-state index contributed by atoms with van der Waals surface area (Å²) in [5, 5.41) is 55.4. The number of hydrogen-bond acceptors (Lipinski definition) is 9. The average molecular weight is 505 g/mol. The molecule has 4 unspecified atom stereocenters. The third-order valence-corrected chi connectivity index (χ3v) is 7.34. The maximum Gasteiger partial charge on any atom is 0.255 e. The number of ether oxygens (including phenoxy) is 1. The fourth-order valence-corrected chi connectivity index (χ4v) is 5.57. The largest absolute Gasteiger partial charge is 0.508 e. The first-order chi connectivity index (χ1) is 17.5. The lowest BCUT2D eigenvalue weighted by atomic mass is 9.56. The predicted molar refractivity (Wildman–Crippen MR) is 130 cm³/mol. The molecular weight excluding hydrogens is 482 g/mol. The van der Waals surface area contributed by atoms with Gasteiger partial charge in [-0.2, -0.15) is 0 Å². The number of rotatable bonds is 3. The second-order valence-corrected chi connectivity index (χ2v) is 9.22. The van der Waals surface area contributed by atoms with Crippen LogP contribution in [0.1, 0.15) is 23.1 Å². The summed E-state index contributed by atoms with van der Waals surface area (Å²) in [5.41, 5.74) is 2.05. The van der Waals surface area contributed by atoms with E-state index in [1.807, 2.05) is 0 Å². The summed E-state index contributed by atoms with van der Waals surface area (Å²) in [6, 6.07) is 11.2. The number of aliphatic hydroxyl groups is 4. The fourth-order valence-electron chi connectivity index (χ4n) is 5.57. The Morgan fingerprint density at radius 1 is 1.11 bits per heavy atom. The smallest absolute Gasteiger partial charge is 0.255 e. The van der Waals surface area contributed by atoms with E-state index in [1.165, 1.54) is 19.2 Å². The number of Topliss-reactive ketones (excluding diaryl/α,β-unsaturated/α-hetero) is 2. The topological polar surface area (TPSA) is 188 Å². The molecule has 0 radical (unpaired) electrons. The van der Waals surface area contributed by atoms with Crippen LogP contribution in [0.3, 0.4) is 0 Å². The van der Waals surface area contributed by atoms with E-state index in [1.54, 1.807) is 36.4 Å². The standard InChI is InChI=1S/C27H23NO9/c1-37-12-7-5-11(6-8-12)9-14-13-3-2-4-16(29)18(13)23(32)21-19(14)22(31)15-10-17(30)20(26(28)35)24(33)27(15,36)25(21)34/h2-9,15,19,22,29,31-33,36H,10H2,1H3,(H2,28,35)/b14-9+. The van der Waals surface area contributed by atoms with Crippen LogP contribution >= 0.6 is 0 Å². The Bertz CT molecular complexity index is 1470. The van der Waals surface area contributed by atoms with Crippen LogP contribution in [0.4, 0.5) is 0 Å². The molecular formula is C27H23NO9. The summed E-state index contributed by atoms with van der Waals surface area (Å²) in [4.78, 5) is 38.2. The van der Waals surface area contributed by atoms with E-state index in [4.69, 9.17) is 10.5 Å². The molecule has 37 heavy (non-hydrogen) atoms. The van der Waals surface area contributed by atoms with Crippen molar-refractivity contribution >= 4 is 34.9 Å². The third kappa shape index (κ3) is 3.30. The summed E-state index contributed by atoms with van der Waals surface area (Å²) >= 11 is 0. The van der Waals surface area contributed by atoms with Crippen molar-refractivity contribution < 1.29 is 44.7 Å². The van der Waals surface area contributed by atoms with Crippen LogP contribution in [0.2, 0.25) is 0 Å². The zero-order valence-corrected chi connectivity index (χ0v) is 19.5. The van der Waals surface area contributed by atoms with Crippen LogP contribution in [0.15, 0.2) is 59.4 Å². The van der Waals surface area contributed by atoms with E-state index in [0.717, 1.165) is 0 Å². The van der Waals surface area contributed by atoms with Crippen LogP contribution < -0.4 is 10.5 Å². The number of nitrogens with two attached hydrogens (primary N) is 1. The van der Waals surface area contributed by atoms with Crippen molar-refractivity contribution in [3.05, 3.63) is 76.1 Å². The lowest BCUT2D eigenvalue weighted by Gasteiger charge is -2.49. The van der Waals surface area contributed by atoms with Gasteiger partial charge in [0, 0.05) is 18.3 Å². The van der Waals surface area contributed by atoms with Crippen molar-refractivity contribution in [3.63, 3.8) is 0 Å². The van der Waals surface area contributed by atoms with Gasteiger partial charge >= 0.3 is 0 Å². The number of aliphatic hydroxyl groups excluding tert-OH is 3. The van der Waals surface area contributed by atoms with E-state index in [9.17, 15) is 39.9 Å². The SMILES string of the molecule is COc1ccc(/C=C2\c3cccc(O)c3C(O)=C3C(=O)C4(O)C(O)=C(C(N)=O)C(=O)CC4C(O)C32)cc1. The van der Waals surface area contributed by atoms with Gasteiger partial charge in [0.05, 0.1) is 24.4 Å². The monoisotopic (exact) mass is 505 g/mol. The number of aromatic hydroxyl groups is 1. The van der Waals surface area contributed by atoms with Crippen LogP contribution in [-0.2, 0) is 14.4 Å². The van der Waals surface area contributed by atoms with E-state index < -0.39 is 70.1 Å². The van der Waals surface area contributed by atoms with Gasteiger partial charge in [-0.05, 0) is 34.9 Å². The van der Waals surface area contributed by atoms with Gasteiger partial charge in [0.1, 0.15) is 28.6 Å². The number of primary amides is 1. The third-order valence-electron chi connectivity index (χ3n) is 7.34. The maximum absolute atomic E-state index is 13.8. The van der Waals surface area contributed by atoms with E-state index >= 15 is 0 Å². The first-order valence-corrected chi connectivity index (χ1v) is 11.4. The zero-order valence-electron chi connectivity index (χ0n) is 19.5. The predicted octanol–water partition coefficient (Wildman–Crippen LogP) is 1.40. The Balaban J connectivity index is 1.79. The summed E-state index contributed by atoms with van der Waals surface area (Å²) in [5.74, 6) is -8.04. The van der Waals surface area contributed by atoms with Gasteiger partial charge in [0.25, 0.3) is 5.91 Å². The molecule has 1 fully saturated rings. The Morgan fingerprint density at radius 3 is 2.41 bits per heavy atom. The molecule has 0 heterocycles. The number of methoxy groups -OCH3 is 1. The molecule has 10 heteroatoms. The van der Waals surface area contributed by atoms with Crippen molar-refractivity contribution in [1.29, 1.82) is 0 Å². The van der Waals surface area contributed by atoms with Crippen molar-refractivity contribution in [2.24, 2.45) is 17.6 Å². The number of amides is 1. The first-order valence-electron chi connectivity index (χ1n) is 11.4. The summed E-state index contributed by atoms with van der Waals surface area (Å²) < 4.78 is 5.18. The number of hydrogen-bond donors (Lipinski definition) is 6. The number of carbonyl (C=O) groups is 3. The highest BCUT2D eigenvalue weighted by atomic mass is 16.5. The minimum Gasteiger partial charge on any atom is -0.508 e. The molecule has 2 aromatic carbocycles. The highest BCUT2D eigenvalue weighted by Crippen LogP contribution is 2.55. The lowest BCUT2D eigenvalue weighted by Crippen LogP contribution is -2.63. The lowest BCUT2D eigenvalue weighted by molar-refractivity contribution is -0.157. The number of ketones is 2. The number of phenolic OH excluding ortho intramolecular Hbond substituents is 1. The molecule has 7 N–H and O–H groups in total. The van der Waals surface area contributed by atoms with Crippen LogP contribution in [0.5, 0.6) is 11.5 Å². The molecule has 1 saturated carbocycles. The van der Waals surface area contributed by atoms with Crippen LogP contribution in [0.25, 0.3) is 17.4 Å². The minimum atomic E-state index is -2.90. The van der Waals surface area contributed by atoms with Gasteiger partial charge < -0.3 is 36.0 Å². The number of benzene rings is 2. The Labute approximate surface area is 210 Å². The second kappa shape index (κ2) is 8.32. The number of phenols is 1. The highest BCUT2D eigenvalue weighted by Gasteiger charge is 2.64. The number of carbonyl (C=O) groups excluding carboxylic acids is 3. The molecule has 10 nitrogen and oxygen atoms in total. The van der Waals surface area contributed by atoms with Gasteiger partial charge in [-0.1, -0.05) is 30.3 Å². The van der Waals surface area contributed by atoms with Gasteiger partial charge in [-0.15, -0.1) is 0 Å². The summed E-state index contributed by atoms with van der Waals surface area (Å²) in [6.45, 7) is 0. The highest BCUT2D eigenvalue weighted by molar-refractivity contribution is 6.23. The second-order valence-electron chi connectivity index (χ2n) is 9.22. The Kier molecular flexibility index (Phi) is 5.47. The molecule has 0 bridgehead atoms. The van der Waals surface area contributed by atoms with Crippen molar-refractivity contribution in [2.75, 3.05) is 7.11 Å². The van der Waals surface area contributed by atoms with Crippen LogP contribution in [-0.4, -0.2) is 61.8 Å². The number of fused-ring (bicyclic) bond motifs is 3. The van der Waals surface area contributed by atoms with E-state index in [-0.39, 0.29) is 11.3 Å². The maximum atomic E-state index is 13.8. The molecule has 1 amide bonds. The molecule has 3 aliphatic carbocycles. The molecule has 0 aliphatic heterocycles. The van der Waals surface area contributed by atoms with Crippen molar-refractivity contribution in [1.82, 2.24) is 0 Å². The minimum absolute atomic E-state index is 0.110. The van der Waals surface area contributed by atoms with E-state index in [0.29, 0.717) is 22.4 Å². The van der Waals surface area contributed by atoms with Gasteiger partial charge in [-0.25, -0.2) is 0 Å². The van der Waals surface area contributed by atoms with Gasteiger partial charge in [0.15, 0.2) is 11.4 Å². The van der Waals surface area contributed by atoms with Crippen molar-refractivity contribution in [3.8, 4) is 11.5 Å². The van der Waals surface area contributed by atoms with Crippen LogP contribution in [0, 0.1) is 11.8 Å². The molecule has 0 saturated heterocycles. The summed E-state index contributed by atoms with van der Waals surface area (Å²) in [7, 11) is 1.51. The molecule has 4 atom stereocenters. The first kappa shape index (κ1) is 24.3. The van der Waals surface area contributed by atoms with Crippen molar-refractivity contribution in [2.45, 2.75) is 18.1 Å². The Hall–Kier alpha value is -4.41. The molecule has 5 rings (SSSR count). The zero-order chi connectivity index (χ0) is 26.8. The molecule has 0 spiro atoms. The quantitative estimate of drug-likeness (QED) is 0.335. The van der Waals surface area contributed by atoms with Gasteiger partial charge in [-0.3, -0.25) is 14.4 Å². The van der Waals surface area contributed by atoms with Gasteiger partial charge in [0.2, 0.25) is 5.78 Å². The van der Waals surface area contributed by atoms with E-state index in [2.05, 4.69) is 0 Å². The fraction of sp³-hybridized carbons (Fsp3) is 0.222. The molecule has 0 aromatic heterocycles.